The molecule has 32 heavy (non-hydrogen) atoms. The number of hydrogen-bond acceptors (Lipinski definition) is 13. The lowest BCUT2D eigenvalue weighted by atomic mass is 9.97. The van der Waals surface area contributed by atoms with Crippen molar-refractivity contribution in [1.82, 2.24) is 0 Å². The third-order valence-electron chi connectivity index (χ3n) is 5.26. The molecule has 0 bridgehead atoms. The quantitative estimate of drug-likeness (QED) is 0.155. The second kappa shape index (κ2) is 10.3. The Morgan fingerprint density at radius 1 is 0.812 bits per heavy atom. The minimum absolute atomic E-state index is 0.0688. The first-order valence-corrected chi connectivity index (χ1v) is 9.67. The van der Waals surface area contributed by atoms with Gasteiger partial charge in [0.05, 0.1) is 18.1 Å². The molecular formula is C18H25NO13. The van der Waals surface area contributed by atoms with Gasteiger partial charge >= 0.3 is 0 Å². The van der Waals surface area contributed by atoms with Crippen LogP contribution in [-0.4, -0.2) is 115 Å². The zero-order chi connectivity index (χ0) is 23.6. The van der Waals surface area contributed by atoms with Gasteiger partial charge in [0.25, 0.3) is 5.69 Å². The average molecular weight is 463 g/mol. The molecule has 2 saturated heterocycles. The van der Waals surface area contributed by atoms with Gasteiger partial charge < -0.3 is 54.7 Å². The van der Waals surface area contributed by atoms with Gasteiger partial charge in [-0.2, -0.15) is 0 Å². The summed E-state index contributed by atoms with van der Waals surface area (Å²) in [5.41, 5.74) is -0.199. The van der Waals surface area contributed by atoms with Gasteiger partial charge in [-0.25, -0.2) is 0 Å². The van der Waals surface area contributed by atoms with Crippen molar-refractivity contribution in [2.75, 3.05) is 13.2 Å². The molecule has 0 spiro atoms. The van der Waals surface area contributed by atoms with E-state index in [1.807, 2.05) is 0 Å². The molecule has 3 rings (SSSR count). The first kappa shape index (κ1) is 24.7. The van der Waals surface area contributed by atoms with Crippen LogP contribution < -0.4 is 4.74 Å². The van der Waals surface area contributed by atoms with Crippen LogP contribution in [0.4, 0.5) is 5.69 Å². The maximum absolute atomic E-state index is 10.8. The number of hydrogen-bond donors (Lipinski definition) is 7. The monoisotopic (exact) mass is 463 g/mol. The Kier molecular flexibility index (Phi) is 7.94. The number of nitro groups is 1. The van der Waals surface area contributed by atoms with Crippen molar-refractivity contribution in [3.63, 3.8) is 0 Å². The van der Waals surface area contributed by atoms with Crippen molar-refractivity contribution in [2.45, 2.75) is 61.4 Å². The summed E-state index contributed by atoms with van der Waals surface area (Å²) in [5.74, 6) is 0.0688. The Morgan fingerprint density at radius 3 is 1.94 bits per heavy atom. The minimum Gasteiger partial charge on any atom is -0.462 e. The molecule has 2 fully saturated rings. The van der Waals surface area contributed by atoms with Gasteiger partial charge in [0.2, 0.25) is 6.29 Å². The molecule has 0 aromatic heterocycles. The van der Waals surface area contributed by atoms with Gasteiger partial charge in [-0.3, -0.25) is 10.1 Å². The van der Waals surface area contributed by atoms with Gasteiger partial charge in [-0.15, -0.1) is 0 Å². The van der Waals surface area contributed by atoms with Crippen molar-refractivity contribution in [3.05, 3.63) is 34.4 Å². The highest BCUT2D eigenvalue weighted by atomic mass is 16.7. The van der Waals surface area contributed by atoms with Crippen LogP contribution in [-0.2, 0) is 14.2 Å². The summed E-state index contributed by atoms with van der Waals surface area (Å²) in [6, 6.07) is 4.82. The van der Waals surface area contributed by atoms with E-state index in [9.17, 15) is 45.9 Å². The predicted octanol–water partition coefficient (Wildman–Crippen LogP) is -3.40. The Bertz CT molecular complexity index is 762. The summed E-state index contributed by atoms with van der Waals surface area (Å²) < 4.78 is 21.5. The SMILES string of the molecule is O=[N+]([O-])c1ccc(O[C@H]2O[C@H](CO)[C@@H](O)[C@H](O[C@@H]3O[C@@H](CO)[C@H](O)[C@@H](O)[C@H]3O)[C@@H]2O)cc1. The lowest BCUT2D eigenvalue weighted by molar-refractivity contribution is -0.384. The van der Waals surface area contributed by atoms with E-state index in [1.165, 1.54) is 12.1 Å². The highest BCUT2D eigenvalue weighted by Gasteiger charge is 2.51. The highest BCUT2D eigenvalue weighted by Crippen LogP contribution is 2.30. The molecule has 0 unspecified atom stereocenters. The number of aliphatic hydroxyl groups excluding tert-OH is 7. The smallest absolute Gasteiger partial charge is 0.269 e. The summed E-state index contributed by atoms with van der Waals surface area (Å²) in [5, 5.41) is 80.6. The van der Waals surface area contributed by atoms with Gasteiger partial charge in [0, 0.05) is 12.1 Å². The number of non-ortho nitro benzene ring substituents is 1. The van der Waals surface area contributed by atoms with E-state index in [2.05, 4.69) is 0 Å². The van der Waals surface area contributed by atoms with Crippen LogP contribution in [0.1, 0.15) is 0 Å². The fourth-order valence-corrected chi connectivity index (χ4v) is 3.43. The molecule has 0 saturated carbocycles. The Balaban J connectivity index is 1.76. The molecule has 2 heterocycles. The number of aliphatic hydroxyl groups is 7. The zero-order valence-corrected chi connectivity index (χ0v) is 16.5. The number of benzene rings is 1. The number of rotatable bonds is 7. The Hall–Kier alpha value is -1.98. The molecule has 0 radical (unpaired) electrons. The lowest BCUT2D eigenvalue weighted by Gasteiger charge is -2.45. The molecule has 2 aliphatic rings. The molecule has 1 aromatic carbocycles. The first-order valence-electron chi connectivity index (χ1n) is 9.67. The largest absolute Gasteiger partial charge is 0.462 e. The summed E-state index contributed by atoms with van der Waals surface area (Å²) >= 11 is 0. The van der Waals surface area contributed by atoms with Crippen LogP contribution in [0.3, 0.4) is 0 Å². The van der Waals surface area contributed by atoms with Crippen LogP contribution in [0.15, 0.2) is 24.3 Å². The van der Waals surface area contributed by atoms with E-state index in [0.717, 1.165) is 12.1 Å². The van der Waals surface area contributed by atoms with E-state index in [0.29, 0.717) is 0 Å². The van der Waals surface area contributed by atoms with Crippen molar-refractivity contribution in [3.8, 4) is 5.75 Å². The number of nitro benzene ring substituents is 1. The zero-order valence-electron chi connectivity index (χ0n) is 16.5. The van der Waals surface area contributed by atoms with Crippen LogP contribution in [0.2, 0.25) is 0 Å². The van der Waals surface area contributed by atoms with Crippen molar-refractivity contribution < 1.29 is 59.6 Å². The second-order valence-corrected chi connectivity index (χ2v) is 7.37. The predicted molar refractivity (Wildman–Crippen MR) is 100 cm³/mol. The Morgan fingerprint density at radius 2 is 1.38 bits per heavy atom. The third-order valence-corrected chi connectivity index (χ3v) is 5.26. The van der Waals surface area contributed by atoms with Crippen LogP contribution in [0.25, 0.3) is 0 Å². The first-order chi connectivity index (χ1) is 15.2. The maximum Gasteiger partial charge on any atom is 0.269 e. The molecule has 10 atom stereocenters. The summed E-state index contributed by atoms with van der Waals surface area (Å²) in [6.07, 6.45) is -15.8. The topological polar surface area (TPSA) is 222 Å². The van der Waals surface area contributed by atoms with Gasteiger partial charge in [0.15, 0.2) is 6.29 Å². The van der Waals surface area contributed by atoms with Crippen molar-refractivity contribution >= 4 is 5.69 Å². The molecule has 0 amide bonds. The second-order valence-electron chi connectivity index (χ2n) is 7.37. The van der Waals surface area contributed by atoms with E-state index < -0.39 is 79.5 Å². The van der Waals surface area contributed by atoms with E-state index in [-0.39, 0.29) is 11.4 Å². The van der Waals surface area contributed by atoms with E-state index in [1.54, 1.807) is 0 Å². The average Bonchev–Trinajstić information content (AvgIpc) is 2.78. The summed E-state index contributed by atoms with van der Waals surface area (Å²) in [4.78, 5) is 10.2. The molecule has 2 aliphatic heterocycles. The molecule has 7 N–H and O–H groups in total. The fraction of sp³-hybridized carbons (Fsp3) is 0.667. The molecule has 180 valence electrons. The molecule has 14 nitrogen and oxygen atoms in total. The molecular weight excluding hydrogens is 438 g/mol. The minimum atomic E-state index is -1.79. The molecule has 1 aromatic rings. The van der Waals surface area contributed by atoms with Crippen LogP contribution >= 0.6 is 0 Å². The normalized spacial score (nSPS) is 40.1. The van der Waals surface area contributed by atoms with Crippen LogP contribution in [0, 0.1) is 10.1 Å². The Labute approximate surface area is 180 Å². The number of nitrogens with zero attached hydrogens (tertiary/aromatic N) is 1. The van der Waals surface area contributed by atoms with Gasteiger partial charge in [0.1, 0.15) is 54.6 Å². The number of ether oxygens (including phenoxy) is 4. The van der Waals surface area contributed by atoms with E-state index >= 15 is 0 Å². The van der Waals surface area contributed by atoms with Crippen LogP contribution in [0.5, 0.6) is 5.75 Å². The summed E-state index contributed by atoms with van der Waals surface area (Å²) in [7, 11) is 0. The lowest BCUT2D eigenvalue weighted by Crippen LogP contribution is -2.65. The summed E-state index contributed by atoms with van der Waals surface area (Å²) in [6.45, 7) is -1.42. The maximum atomic E-state index is 10.8. The fourth-order valence-electron chi connectivity index (χ4n) is 3.43. The van der Waals surface area contributed by atoms with Gasteiger partial charge in [-0.05, 0) is 12.1 Å². The standard InChI is InChI=1S/C18H25NO13/c20-5-9-11(22)13(24)14(25)17(30-9)32-16-12(23)10(6-21)31-18(15(16)26)29-8-3-1-7(2-4-8)19(27)28/h1-4,9-18,20-26H,5-6H2/t9-,10+,11-,12+,13+,14+,15-,16-,17-,18-/m0/s1. The van der Waals surface area contributed by atoms with Crippen molar-refractivity contribution in [1.29, 1.82) is 0 Å². The third kappa shape index (κ3) is 4.99. The van der Waals surface area contributed by atoms with Crippen molar-refractivity contribution in [2.24, 2.45) is 0 Å². The molecule has 0 aliphatic carbocycles. The molecule has 14 heteroatoms. The highest BCUT2D eigenvalue weighted by molar-refractivity contribution is 5.36. The van der Waals surface area contributed by atoms with Gasteiger partial charge in [-0.1, -0.05) is 0 Å². The van der Waals surface area contributed by atoms with E-state index in [4.69, 9.17) is 18.9 Å².